The molecule has 0 saturated carbocycles. The van der Waals surface area contributed by atoms with Crippen molar-refractivity contribution < 1.29 is 4.57 Å². The molecular weight excluding hydrogens is 705 g/mol. The largest absolute Gasteiger partial charge is 0.299 e. The SMILES string of the molecule is CC(C)c1cc2c(c(C(C)C)c1-n1cc[n+]3c1-c1ccccc1[C@H]3C)C1=C(CCC=C1)C2.CC=C(C)C1CC=CC=C1c1nccn1-c1c(CC)cccc1C(C)C. The number of benzene rings is 3. The van der Waals surface area contributed by atoms with Gasteiger partial charge in [0.25, 0.3) is 5.82 Å². The molecule has 1 aliphatic heterocycles. The second-order valence-electron chi connectivity index (χ2n) is 17.7. The van der Waals surface area contributed by atoms with E-state index in [9.17, 15) is 0 Å². The normalized spacial score (nSPS) is 18.1. The average molecular weight is 768 g/mol. The quantitative estimate of drug-likeness (QED) is 0.114. The Bertz CT molecular complexity index is 2520. The molecule has 0 amide bonds. The van der Waals surface area contributed by atoms with E-state index < -0.39 is 0 Å². The van der Waals surface area contributed by atoms with Crippen LogP contribution in [0.3, 0.4) is 0 Å². The number of aromatic nitrogens is 4. The van der Waals surface area contributed by atoms with Gasteiger partial charge < -0.3 is 0 Å². The van der Waals surface area contributed by atoms with E-state index in [1.165, 1.54) is 85.7 Å². The average Bonchev–Trinajstić information content (AvgIpc) is 4.03. The first kappa shape index (κ1) is 39.6. The molecule has 2 aromatic heterocycles. The minimum Gasteiger partial charge on any atom is -0.299 e. The van der Waals surface area contributed by atoms with Crippen LogP contribution in [0.15, 0.2) is 121 Å². The summed E-state index contributed by atoms with van der Waals surface area (Å²) >= 11 is 0. The smallest absolute Gasteiger partial charge is 0.295 e. The lowest BCUT2D eigenvalue weighted by Crippen LogP contribution is -2.34. The fourth-order valence-electron chi connectivity index (χ4n) is 10.1. The van der Waals surface area contributed by atoms with Crippen molar-refractivity contribution in [1.29, 1.82) is 0 Å². The van der Waals surface area contributed by atoms with Gasteiger partial charge in [-0.05, 0) is 105 Å². The molecule has 0 saturated heterocycles. The molecule has 58 heavy (non-hydrogen) atoms. The number of nitrogens with zero attached hydrogens (tertiary/aromatic N) is 4. The number of aryl methyl sites for hydroxylation is 1. The fourth-order valence-corrected chi connectivity index (χ4v) is 10.1. The van der Waals surface area contributed by atoms with E-state index in [2.05, 4.69) is 187 Å². The van der Waals surface area contributed by atoms with Gasteiger partial charge in [0.2, 0.25) is 0 Å². The van der Waals surface area contributed by atoms with Crippen LogP contribution >= 0.6 is 0 Å². The Kier molecular flexibility index (Phi) is 11.1. The minimum absolute atomic E-state index is 0.373. The summed E-state index contributed by atoms with van der Waals surface area (Å²) in [4.78, 5) is 4.79. The van der Waals surface area contributed by atoms with E-state index in [-0.39, 0.29) is 0 Å². The van der Waals surface area contributed by atoms with Crippen LogP contribution in [0.1, 0.15) is 157 Å². The Morgan fingerprint density at radius 3 is 2.45 bits per heavy atom. The maximum Gasteiger partial charge on any atom is 0.295 e. The molecular formula is C54H63N4+. The Morgan fingerprint density at radius 2 is 1.71 bits per heavy atom. The van der Waals surface area contributed by atoms with Crippen LogP contribution in [0.25, 0.3) is 33.9 Å². The molecule has 298 valence electrons. The molecule has 4 aliphatic rings. The zero-order valence-corrected chi connectivity index (χ0v) is 36.6. The van der Waals surface area contributed by atoms with Crippen molar-refractivity contribution in [2.45, 2.75) is 125 Å². The first-order valence-corrected chi connectivity index (χ1v) is 22.0. The van der Waals surface area contributed by atoms with Crippen molar-refractivity contribution in [3.05, 3.63) is 166 Å². The number of hydrogen-bond acceptors (Lipinski definition) is 1. The van der Waals surface area contributed by atoms with Crippen LogP contribution in [-0.2, 0) is 12.8 Å². The molecule has 1 unspecified atom stereocenters. The molecule has 0 bridgehead atoms. The van der Waals surface area contributed by atoms with Gasteiger partial charge in [-0.3, -0.25) is 4.57 Å². The lowest BCUT2D eigenvalue weighted by molar-refractivity contribution is -0.693. The van der Waals surface area contributed by atoms with Crippen LogP contribution in [0.4, 0.5) is 0 Å². The number of fused-ring (bicyclic) bond motifs is 5. The zero-order valence-electron chi connectivity index (χ0n) is 36.6. The predicted molar refractivity (Wildman–Crippen MR) is 244 cm³/mol. The number of para-hydroxylation sites is 1. The Balaban J connectivity index is 0.000000166. The second kappa shape index (κ2) is 16.2. The second-order valence-corrected chi connectivity index (χ2v) is 17.7. The van der Waals surface area contributed by atoms with Crippen molar-refractivity contribution in [2.24, 2.45) is 5.92 Å². The van der Waals surface area contributed by atoms with Gasteiger partial charge in [0.15, 0.2) is 0 Å². The van der Waals surface area contributed by atoms with Gasteiger partial charge in [0, 0.05) is 40.6 Å². The molecule has 4 heteroatoms. The standard InChI is InChI=1S/C30H33N2.C24H30N2/c1-18(2)26-17-22-16-21-10-6-7-12-24(21)28(22)27(19(3)4)29(26)32-15-14-31-20(5)23-11-8-9-13-25(23)30(31)32;1-6-18(5)21-12-8-9-13-22(21)24-25-15-16-26(24)23-19(7-2)11-10-14-20(23)17(3)4/h7-9,11-15,17-20H,6,10,16H2,1-5H3;6,8-11,13-17,21H,7,12H2,1-5H3/q+1;/t20-;/m1./s1. The fraction of sp³-hybridized carbons (Fsp3) is 0.370. The topological polar surface area (TPSA) is 26.6 Å². The number of hydrogen-bond donors (Lipinski definition) is 0. The number of rotatable bonds is 8. The van der Waals surface area contributed by atoms with Gasteiger partial charge in [-0.1, -0.05) is 139 Å². The van der Waals surface area contributed by atoms with Crippen LogP contribution in [-0.4, -0.2) is 14.1 Å². The van der Waals surface area contributed by atoms with Crippen LogP contribution in [0, 0.1) is 5.92 Å². The van der Waals surface area contributed by atoms with E-state index in [0.29, 0.717) is 29.7 Å². The lowest BCUT2D eigenvalue weighted by atomic mass is 9.84. The molecule has 0 N–H and O–H groups in total. The van der Waals surface area contributed by atoms with Crippen LogP contribution < -0.4 is 4.57 Å². The lowest BCUT2D eigenvalue weighted by Gasteiger charge is -2.25. The monoisotopic (exact) mass is 768 g/mol. The summed E-state index contributed by atoms with van der Waals surface area (Å²) in [5, 5.41) is 0. The van der Waals surface area contributed by atoms with Crippen molar-refractivity contribution in [3.8, 4) is 22.8 Å². The summed E-state index contributed by atoms with van der Waals surface area (Å²) in [6.45, 7) is 22.9. The van der Waals surface area contributed by atoms with Gasteiger partial charge in [-0.15, -0.1) is 0 Å². The van der Waals surface area contributed by atoms with Crippen molar-refractivity contribution >= 4 is 11.1 Å². The summed E-state index contributed by atoms with van der Waals surface area (Å²) in [5.74, 6) is 4.20. The maximum atomic E-state index is 4.79. The van der Waals surface area contributed by atoms with Crippen molar-refractivity contribution in [2.75, 3.05) is 0 Å². The molecule has 3 aliphatic carbocycles. The Labute approximate surface area is 348 Å². The Hall–Kier alpha value is -5.22. The number of imidazole rings is 2. The summed E-state index contributed by atoms with van der Waals surface area (Å²) in [6, 6.07) is 18.5. The number of allylic oxidation sites excluding steroid dienone is 10. The summed E-state index contributed by atoms with van der Waals surface area (Å²) < 4.78 is 7.28. The summed E-state index contributed by atoms with van der Waals surface area (Å²) in [5.41, 5.74) is 20.2. The molecule has 0 radical (unpaired) electrons. The van der Waals surface area contributed by atoms with E-state index >= 15 is 0 Å². The maximum absolute atomic E-state index is 4.79. The van der Waals surface area contributed by atoms with Gasteiger partial charge in [0.05, 0.1) is 11.3 Å². The predicted octanol–water partition coefficient (Wildman–Crippen LogP) is 13.7. The van der Waals surface area contributed by atoms with Gasteiger partial charge in [-0.2, -0.15) is 4.57 Å². The highest BCUT2D eigenvalue weighted by molar-refractivity contribution is 5.88. The highest BCUT2D eigenvalue weighted by atomic mass is 15.2. The zero-order chi connectivity index (χ0) is 40.8. The third kappa shape index (κ3) is 6.73. The summed E-state index contributed by atoms with van der Waals surface area (Å²) in [7, 11) is 0. The molecule has 3 aromatic carbocycles. The third-order valence-corrected chi connectivity index (χ3v) is 13.2. The highest BCUT2D eigenvalue weighted by Gasteiger charge is 2.39. The van der Waals surface area contributed by atoms with Gasteiger partial charge in [0.1, 0.15) is 29.9 Å². The third-order valence-electron chi connectivity index (χ3n) is 13.2. The first-order chi connectivity index (χ1) is 28.0. The van der Waals surface area contributed by atoms with E-state index in [1.54, 1.807) is 11.1 Å². The Morgan fingerprint density at radius 1 is 0.914 bits per heavy atom. The molecule has 0 fully saturated rings. The van der Waals surface area contributed by atoms with E-state index in [4.69, 9.17) is 4.98 Å². The molecule has 4 nitrogen and oxygen atoms in total. The van der Waals surface area contributed by atoms with Crippen LogP contribution in [0.5, 0.6) is 0 Å². The highest BCUT2D eigenvalue weighted by Crippen LogP contribution is 2.48. The van der Waals surface area contributed by atoms with Gasteiger partial charge >= 0.3 is 0 Å². The van der Waals surface area contributed by atoms with E-state index in [0.717, 1.165) is 25.1 Å². The minimum atomic E-state index is 0.373. The van der Waals surface area contributed by atoms with Crippen molar-refractivity contribution in [1.82, 2.24) is 14.1 Å². The van der Waals surface area contributed by atoms with Crippen LogP contribution in [0.2, 0.25) is 0 Å². The molecule has 5 aromatic rings. The van der Waals surface area contributed by atoms with E-state index in [1.807, 2.05) is 6.20 Å². The van der Waals surface area contributed by atoms with Gasteiger partial charge in [-0.25, -0.2) is 9.55 Å². The molecule has 0 spiro atoms. The molecule has 9 rings (SSSR count). The van der Waals surface area contributed by atoms with Crippen molar-refractivity contribution in [3.63, 3.8) is 0 Å². The molecule has 3 heterocycles. The summed E-state index contributed by atoms with van der Waals surface area (Å²) in [6.07, 6.45) is 27.9. The first-order valence-electron chi connectivity index (χ1n) is 22.0. The molecule has 2 atom stereocenters.